The third-order valence-electron chi connectivity index (χ3n) is 2.44. The number of unbranched alkanes of at least 4 members (excludes halogenated alkanes) is 1. The Balaban J connectivity index is 0.000000885. The molecule has 0 heterocycles. The number of halogens is 3. The molecule has 0 radical (unpaired) electrons. The molecule has 0 bridgehead atoms. The first kappa shape index (κ1) is 19.1. The Morgan fingerprint density at radius 2 is 1.62 bits per heavy atom. The summed E-state index contributed by atoms with van der Waals surface area (Å²) in [4.78, 5) is 21.9. The molecule has 0 aliphatic rings. The quantitative estimate of drug-likeness (QED) is 0.464. The highest BCUT2D eigenvalue weighted by Crippen LogP contribution is 2.33. The fraction of sp³-hybridized carbons (Fsp3) is 0.467. The number of ketones is 1. The van der Waals surface area contributed by atoms with Crippen molar-refractivity contribution in [3.05, 3.63) is 29.3 Å². The van der Waals surface area contributed by atoms with Crippen LogP contribution in [0.15, 0.2) is 18.2 Å². The van der Waals surface area contributed by atoms with Gasteiger partial charge < -0.3 is 4.74 Å². The average Bonchev–Trinajstić information content (AvgIpc) is 2.37. The van der Waals surface area contributed by atoms with Gasteiger partial charge in [-0.15, -0.1) is 0 Å². The Bertz CT molecular complexity index is 491. The number of alkyl halides is 3. The van der Waals surface area contributed by atoms with Crippen molar-refractivity contribution < 1.29 is 27.5 Å². The van der Waals surface area contributed by atoms with Crippen LogP contribution in [0, 0.1) is 0 Å². The number of Topliss-reactive ketones (excluding diaryl/α,β-unsaturated/α-hetero) is 1. The van der Waals surface area contributed by atoms with Gasteiger partial charge in [0.25, 0.3) is 0 Å². The van der Waals surface area contributed by atoms with E-state index in [1.807, 2.05) is 0 Å². The average molecular weight is 304 g/mol. The number of hydrogen-bond donors (Lipinski definition) is 0. The maximum Gasteiger partial charge on any atom is 0.416 e. The van der Waals surface area contributed by atoms with Gasteiger partial charge in [-0.1, -0.05) is 26.7 Å². The summed E-state index contributed by atoms with van der Waals surface area (Å²) < 4.78 is 41.8. The number of carbonyl (C=O) groups excluding carboxylic acids is 2. The summed E-state index contributed by atoms with van der Waals surface area (Å²) in [5, 5.41) is 0. The van der Waals surface area contributed by atoms with Crippen molar-refractivity contribution in [1.82, 2.24) is 0 Å². The second-order valence-electron chi connectivity index (χ2n) is 4.36. The lowest BCUT2D eigenvalue weighted by Crippen LogP contribution is -2.10. The summed E-state index contributed by atoms with van der Waals surface area (Å²) >= 11 is 0. The number of carbonyl (C=O) groups is 2. The standard InChI is InChI=1S/C11H9F3O3.C4H10/c1-6(15)9-4-3-8(11(12,13)14)5-10(9)17-7(2)16;1-3-4-2/h3-5H,1-2H3;3-4H2,1-2H3. The molecule has 0 aliphatic carbocycles. The van der Waals surface area contributed by atoms with Crippen molar-refractivity contribution in [2.24, 2.45) is 0 Å². The van der Waals surface area contributed by atoms with Crippen molar-refractivity contribution >= 4 is 11.8 Å². The molecular weight excluding hydrogens is 285 g/mol. The third-order valence-corrected chi connectivity index (χ3v) is 2.44. The minimum absolute atomic E-state index is 0.0619. The maximum atomic E-state index is 12.4. The van der Waals surface area contributed by atoms with Crippen LogP contribution < -0.4 is 4.74 Å². The molecule has 0 N–H and O–H groups in total. The second kappa shape index (κ2) is 8.44. The van der Waals surface area contributed by atoms with Crippen LogP contribution in [0.1, 0.15) is 56.5 Å². The smallest absolute Gasteiger partial charge is 0.416 e. The maximum absolute atomic E-state index is 12.4. The predicted octanol–water partition coefficient (Wildman–Crippen LogP) is 4.64. The molecule has 0 aromatic heterocycles. The Labute approximate surface area is 122 Å². The molecule has 1 aromatic carbocycles. The minimum atomic E-state index is -4.55. The summed E-state index contributed by atoms with van der Waals surface area (Å²) in [6.45, 7) is 6.58. The molecule has 118 valence electrons. The van der Waals surface area contributed by atoms with Gasteiger partial charge in [0, 0.05) is 6.92 Å². The van der Waals surface area contributed by atoms with Crippen LogP contribution in [-0.2, 0) is 11.0 Å². The Morgan fingerprint density at radius 3 is 1.95 bits per heavy atom. The lowest BCUT2D eigenvalue weighted by molar-refractivity contribution is -0.138. The van der Waals surface area contributed by atoms with Crippen molar-refractivity contribution in [2.45, 2.75) is 46.7 Å². The summed E-state index contributed by atoms with van der Waals surface area (Å²) in [5.41, 5.74) is -1.04. The molecule has 0 amide bonds. The van der Waals surface area contributed by atoms with Gasteiger partial charge in [0.2, 0.25) is 0 Å². The van der Waals surface area contributed by atoms with Gasteiger partial charge in [0.1, 0.15) is 5.75 Å². The van der Waals surface area contributed by atoms with Crippen LogP contribution in [0.25, 0.3) is 0 Å². The largest absolute Gasteiger partial charge is 0.426 e. The molecule has 0 aliphatic heterocycles. The normalized spacial score (nSPS) is 10.4. The number of esters is 1. The highest BCUT2D eigenvalue weighted by atomic mass is 19.4. The number of benzene rings is 1. The van der Waals surface area contributed by atoms with Gasteiger partial charge >= 0.3 is 12.1 Å². The second-order valence-corrected chi connectivity index (χ2v) is 4.36. The monoisotopic (exact) mass is 304 g/mol. The number of ether oxygens (including phenoxy) is 1. The van der Waals surface area contributed by atoms with Crippen LogP contribution in [0.4, 0.5) is 13.2 Å². The molecule has 0 spiro atoms. The van der Waals surface area contributed by atoms with Crippen molar-refractivity contribution in [3.8, 4) is 5.75 Å². The molecule has 1 aromatic rings. The molecular formula is C15H19F3O3. The molecule has 6 heteroatoms. The zero-order valence-corrected chi connectivity index (χ0v) is 12.5. The zero-order chi connectivity index (χ0) is 16.6. The number of rotatable bonds is 3. The first-order valence-corrected chi connectivity index (χ1v) is 6.54. The minimum Gasteiger partial charge on any atom is -0.426 e. The zero-order valence-electron chi connectivity index (χ0n) is 12.5. The van der Waals surface area contributed by atoms with E-state index in [9.17, 15) is 22.8 Å². The highest BCUT2D eigenvalue weighted by Gasteiger charge is 2.31. The SMILES string of the molecule is CC(=O)Oc1cc(C(F)(F)F)ccc1C(C)=O.CCCC. The van der Waals surface area contributed by atoms with Gasteiger partial charge in [0.15, 0.2) is 5.78 Å². The van der Waals surface area contributed by atoms with Crippen LogP contribution in [0.3, 0.4) is 0 Å². The van der Waals surface area contributed by atoms with Crippen molar-refractivity contribution in [1.29, 1.82) is 0 Å². The van der Waals surface area contributed by atoms with Crippen LogP contribution in [0.2, 0.25) is 0 Å². The van der Waals surface area contributed by atoms with Gasteiger partial charge in [0.05, 0.1) is 11.1 Å². The topological polar surface area (TPSA) is 43.4 Å². The summed E-state index contributed by atoms with van der Waals surface area (Å²) in [6.07, 6.45) is -1.91. The van der Waals surface area contributed by atoms with Crippen LogP contribution in [-0.4, -0.2) is 11.8 Å². The molecule has 0 atom stereocenters. The van der Waals surface area contributed by atoms with Gasteiger partial charge in [-0.05, 0) is 25.1 Å². The Morgan fingerprint density at radius 1 is 1.10 bits per heavy atom. The van der Waals surface area contributed by atoms with E-state index >= 15 is 0 Å². The van der Waals surface area contributed by atoms with Gasteiger partial charge in [-0.3, -0.25) is 9.59 Å². The van der Waals surface area contributed by atoms with Crippen molar-refractivity contribution in [2.75, 3.05) is 0 Å². The van der Waals surface area contributed by atoms with E-state index in [4.69, 9.17) is 0 Å². The lowest BCUT2D eigenvalue weighted by atomic mass is 10.1. The van der Waals surface area contributed by atoms with E-state index in [-0.39, 0.29) is 11.3 Å². The summed E-state index contributed by atoms with van der Waals surface area (Å²) in [6, 6.07) is 2.39. The fourth-order valence-electron chi connectivity index (χ4n) is 1.23. The van der Waals surface area contributed by atoms with E-state index in [1.54, 1.807) is 0 Å². The third kappa shape index (κ3) is 6.92. The Kier molecular flexibility index (Phi) is 7.70. The van der Waals surface area contributed by atoms with E-state index < -0.39 is 23.5 Å². The fourth-order valence-corrected chi connectivity index (χ4v) is 1.23. The van der Waals surface area contributed by atoms with E-state index in [0.717, 1.165) is 19.1 Å². The van der Waals surface area contributed by atoms with E-state index in [1.165, 1.54) is 19.8 Å². The summed E-state index contributed by atoms with van der Waals surface area (Å²) in [5.74, 6) is -1.64. The molecule has 0 fully saturated rings. The van der Waals surface area contributed by atoms with Crippen LogP contribution in [0.5, 0.6) is 5.75 Å². The van der Waals surface area contributed by atoms with Gasteiger partial charge in [-0.2, -0.15) is 13.2 Å². The van der Waals surface area contributed by atoms with E-state index in [2.05, 4.69) is 18.6 Å². The number of hydrogen-bond acceptors (Lipinski definition) is 3. The Hall–Kier alpha value is -1.85. The first-order chi connectivity index (χ1) is 9.63. The molecule has 0 saturated carbocycles. The van der Waals surface area contributed by atoms with Crippen molar-refractivity contribution in [3.63, 3.8) is 0 Å². The molecule has 0 unspecified atom stereocenters. The molecule has 1 rings (SSSR count). The molecule has 0 saturated heterocycles. The highest BCUT2D eigenvalue weighted by molar-refractivity contribution is 5.97. The predicted molar refractivity (Wildman–Crippen MR) is 73.3 cm³/mol. The first-order valence-electron chi connectivity index (χ1n) is 6.54. The molecule has 21 heavy (non-hydrogen) atoms. The van der Waals surface area contributed by atoms with Gasteiger partial charge in [-0.25, -0.2) is 0 Å². The molecule has 3 nitrogen and oxygen atoms in total. The van der Waals surface area contributed by atoms with E-state index in [0.29, 0.717) is 6.07 Å². The summed E-state index contributed by atoms with van der Waals surface area (Å²) in [7, 11) is 0. The van der Waals surface area contributed by atoms with Crippen LogP contribution >= 0.6 is 0 Å². The lowest BCUT2D eigenvalue weighted by Gasteiger charge is -2.11.